The number of methoxy groups -OCH3 is 1. The molecule has 1 amide bonds. The van der Waals surface area contributed by atoms with Crippen molar-refractivity contribution >= 4 is 15.9 Å². The van der Waals surface area contributed by atoms with E-state index in [1.165, 1.54) is 12.0 Å². The van der Waals surface area contributed by atoms with Crippen LogP contribution < -0.4 is 0 Å². The Balaban J connectivity index is 2.19. The first-order valence-electron chi connectivity index (χ1n) is 7.08. The first-order valence-corrected chi connectivity index (χ1v) is 8.52. The minimum absolute atomic E-state index is 0.135. The van der Waals surface area contributed by atoms with Crippen LogP contribution in [0.1, 0.15) is 6.42 Å². The van der Waals surface area contributed by atoms with E-state index in [2.05, 4.69) is 0 Å². The van der Waals surface area contributed by atoms with Crippen LogP contribution in [-0.4, -0.2) is 63.4 Å². The Morgan fingerprint density at radius 1 is 1.22 bits per heavy atom. The normalized spacial score (nSPS) is 17.3. The minimum atomic E-state index is -4.05. The molecule has 23 heavy (non-hydrogen) atoms. The first-order chi connectivity index (χ1) is 10.9. The van der Waals surface area contributed by atoms with Crippen molar-refractivity contribution < 1.29 is 26.7 Å². The molecule has 0 spiro atoms. The number of sulfonamides is 1. The molecule has 1 aliphatic heterocycles. The van der Waals surface area contributed by atoms with Gasteiger partial charge in [0.05, 0.1) is 18.0 Å². The molecule has 128 valence electrons. The van der Waals surface area contributed by atoms with E-state index in [-0.39, 0.29) is 23.9 Å². The number of halogens is 2. The third-order valence-electron chi connectivity index (χ3n) is 3.59. The molecule has 0 bridgehead atoms. The second-order valence-corrected chi connectivity index (χ2v) is 7.08. The largest absolute Gasteiger partial charge is 0.383 e. The van der Waals surface area contributed by atoms with Crippen LogP contribution >= 0.6 is 0 Å². The standard InChI is InChI=1S/C14H18F2N2O4S/c1-22-8-7-17-5-2-6-18(10-14(17)19)23(20,21)11-3-4-12(15)13(16)9-11/h3-4,9H,2,5-8,10H2,1H3. The lowest BCUT2D eigenvalue weighted by Crippen LogP contribution is -2.40. The first kappa shape index (κ1) is 17.8. The Morgan fingerprint density at radius 2 is 1.96 bits per heavy atom. The second kappa shape index (κ2) is 7.33. The van der Waals surface area contributed by atoms with Gasteiger partial charge < -0.3 is 9.64 Å². The summed E-state index contributed by atoms with van der Waals surface area (Å²) in [5, 5.41) is 0. The minimum Gasteiger partial charge on any atom is -0.383 e. The molecule has 6 nitrogen and oxygen atoms in total. The Morgan fingerprint density at radius 3 is 2.61 bits per heavy atom. The van der Waals surface area contributed by atoms with Crippen LogP contribution in [0.25, 0.3) is 0 Å². The molecule has 0 radical (unpaired) electrons. The molecule has 0 aromatic heterocycles. The summed E-state index contributed by atoms with van der Waals surface area (Å²) >= 11 is 0. The van der Waals surface area contributed by atoms with Gasteiger partial charge in [0, 0.05) is 26.7 Å². The maximum atomic E-state index is 13.3. The van der Waals surface area contributed by atoms with Crippen LogP contribution in [0.4, 0.5) is 8.78 Å². The van der Waals surface area contributed by atoms with Gasteiger partial charge in [-0.15, -0.1) is 0 Å². The molecule has 1 fully saturated rings. The fraction of sp³-hybridized carbons (Fsp3) is 0.500. The molecule has 0 atom stereocenters. The summed E-state index contributed by atoms with van der Waals surface area (Å²) < 4.78 is 57.2. The lowest BCUT2D eigenvalue weighted by atomic mass is 10.3. The smallest absolute Gasteiger partial charge is 0.243 e. The number of carbonyl (C=O) groups is 1. The van der Waals surface area contributed by atoms with Crippen LogP contribution in [0.15, 0.2) is 23.1 Å². The third-order valence-corrected chi connectivity index (χ3v) is 5.44. The molecule has 2 rings (SSSR count). The van der Waals surface area contributed by atoms with Gasteiger partial charge in [0.15, 0.2) is 11.6 Å². The molecular weight excluding hydrogens is 330 g/mol. The number of carbonyl (C=O) groups excluding carboxylic acids is 1. The summed E-state index contributed by atoms with van der Waals surface area (Å²) in [5.41, 5.74) is 0. The maximum Gasteiger partial charge on any atom is 0.243 e. The summed E-state index contributed by atoms with van der Waals surface area (Å²) in [5.74, 6) is -2.71. The molecule has 1 aromatic rings. The molecule has 1 aromatic carbocycles. The number of hydrogen-bond acceptors (Lipinski definition) is 4. The summed E-state index contributed by atoms with van der Waals surface area (Å²) in [7, 11) is -2.54. The van der Waals surface area contributed by atoms with Gasteiger partial charge in [0.25, 0.3) is 0 Å². The van der Waals surface area contributed by atoms with Gasteiger partial charge in [0.2, 0.25) is 15.9 Å². The van der Waals surface area contributed by atoms with Gasteiger partial charge in [-0.25, -0.2) is 17.2 Å². The highest BCUT2D eigenvalue weighted by molar-refractivity contribution is 7.89. The van der Waals surface area contributed by atoms with Crippen molar-refractivity contribution in [3.05, 3.63) is 29.8 Å². The number of rotatable bonds is 5. The van der Waals surface area contributed by atoms with E-state index in [1.54, 1.807) is 0 Å². The van der Waals surface area contributed by atoms with Gasteiger partial charge >= 0.3 is 0 Å². The van der Waals surface area contributed by atoms with Crippen molar-refractivity contribution in [2.75, 3.05) is 39.9 Å². The lowest BCUT2D eigenvalue weighted by molar-refractivity contribution is -0.131. The zero-order chi connectivity index (χ0) is 17.0. The topological polar surface area (TPSA) is 66.9 Å². The third kappa shape index (κ3) is 4.04. The molecule has 1 aliphatic rings. The number of hydrogen-bond donors (Lipinski definition) is 0. The van der Waals surface area contributed by atoms with Crippen molar-refractivity contribution in [1.82, 2.24) is 9.21 Å². The van der Waals surface area contributed by atoms with Crippen molar-refractivity contribution in [3.63, 3.8) is 0 Å². The molecule has 0 N–H and O–H groups in total. The van der Waals surface area contributed by atoms with Gasteiger partial charge in [-0.05, 0) is 24.6 Å². The average molecular weight is 348 g/mol. The van der Waals surface area contributed by atoms with E-state index in [4.69, 9.17) is 4.74 Å². The highest BCUT2D eigenvalue weighted by atomic mass is 32.2. The summed E-state index contributed by atoms with van der Waals surface area (Å²) in [6.07, 6.45) is 0.457. The van der Waals surface area contributed by atoms with Gasteiger partial charge in [-0.3, -0.25) is 4.79 Å². The van der Waals surface area contributed by atoms with E-state index in [0.717, 1.165) is 16.4 Å². The lowest BCUT2D eigenvalue weighted by Gasteiger charge is -2.21. The Kier molecular flexibility index (Phi) is 5.66. The highest BCUT2D eigenvalue weighted by Gasteiger charge is 2.31. The average Bonchev–Trinajstić information content (AvgIpc) is 2.70. The molecule has 1 saturated heterocycles. The number of amides is 1. The van der Waals surface area contributed by atoms with Crippen LogP contribution in [0.3, 0.4) is 0 Å². The summed E-state index contributed by atoms with van der Waals surface area (Å²) in [6, 6.07) is 2.38. The molecule has 1 heterocycles. The predicted molar refractivity (Wildman–Crippen MR) is 78.2 cm³/mol. The number of benzene rings is 1. The Hall–Kier alpha value is -1.58. The van der Waals surface area contributed by atoms with E-state index in [1.807, 2.05) is 0 Å². The van der Waals surface area contributed by atoms with Crippen molar-refractivity contribution in [2.45, 2.75) is 11.3 Å². The predicted octanol–water partition coefficient (Wildman–Crippen LogP) is 0.834. The zero-order valence-corrected chi connectivity index (χ0v) is 13.5. The Labute approximate surface area is 133 Å². The van der Waals surface area contributed by atoms with Crippen molar-refractivity contribution in [1.29, 1.82) is 0 Å². The van der Waals surface area contributed by atoms with E-state index in [9.17, 15) is 22.0 Å². The SMILES string of the molecule is COCCN1CCCN(S(=O)(=O)c2ccc(F)c(F)c2)CC1=O. The monoisotopic (exact) mass is 348 g/mol. The highest BCUT2D eigenvalue weighted by Crippen LogP contribution is 2.20. The van der Waals surface area contributed by atoms with Gasteiger partial charge in [-0.2, -0.15) is 4.31 Å². The summed E-state index contributed by atoms with van der Waals surface area (Å²) in [6.45, 7) is 0.976. The fourth-order valence-electron chi connectivity index (χ4n) is 2.32. The van der Waals surface area contributed by atoms with Crippen LogP contribution in [0, 0.1) is 11.6 Å². The van der Waals surface area contributed by atoms with Crippen LogP contribution in [0.2, 0.25) is 0 Å². The van der Waals surface area contributed by atoms with E-state index < -0.39 is 21.7 Å². The number of nitrogens with zero attached hydrogens (tertiary/aromatic N) is 2. The van der Waals surface area contributed by atoms with E-state index >= 15 is 0 Å². The van der Waals surface area contributed by atoms with Crippen LogP contribution in [0.5, 0.6) is 0 Å². The Bertz CT molecular complexity index is 681. The fourth-order valence-corrected chi connectivity index (χ4v) is 3.76. The molecule has 0 saturated carbocycles. The summed E-state index contributed by atoms with van der Waals surface area (Å²) in [4.78, 5) is 13.3. The molecule has 0 unspecified atom stereocenters. The zero-order valence-electron chi connectivity index (χ0n) is 12.7. The second-order valence-electron chi connectivity index (χ2n) is 5.14. The molecule has 9 heteroatoms. The van der Waals surface area contributed by atoms with Crippen molar-refractivity contribution in [3.8, 4) is 0 Å². The maximum absolute atomic E-state index is 13.3. The number of ether oxygens (including phenoxy) is 1. The molecular formula is C14H18F2N2O4S. The van der Waals surface area contributed by atoms with Gasteiger partial charge in [-0.1, -0.05) is 0 Å². The van der Waals surface area contributed by atoms with Crippen LogP contribution in [-0.2, 0) is 19.6 Å². The van der Waals surface area contributed by atoms with Crippen molar-refractivity contribution in [2.24, 2.45) is 0 Å². The van der Waals surface area contributed by atoms with E-state index in [0.29, 0.717) is 32.2 Å². The molecule has 0 aliphatic carbocycles. The quantitative estimate of drug-likeness (QED) is 0.791. The van der Waals surface area contributed by atoms with Gasteiger partial charge in [0.1, 0.15) is 0 Å².